The predicted octanol–water partition coefficient (Wildman–Crippen LogP) is 6.44. The molecule has 0 unspecified atom stereocenters. The van der Waals surface area contributed by atoms with Crippen LogP contribution < -0.4 is 0 Å². The number of benzene rings is 2. The summed E-state index contributed by atoms with van der Waals surface area (Å²) in [7, 11) is 0. The average molecular weight is 453 g/mol. The zero-order valence-corrected chi connectivity index (χ0v) is 19.1. The largest absolute Gasteiger partial charge is 0.308 e. The summed E-state index contributed by atoms with van der Waals surface area (Å²) in [5.41, 5.74) is 4.20. The van der Waals surface area contributed by atoms with Crippen molar-refractivity contribution in [3.05, 3.63) is 169 Å². The minimum Gasteiger partial charge on any atom is -0.308 e. The highest BCUT2D eigenvalue weighted by Gasteiger charge is 2.39. The Balaban J connectivity index is 1.62. The molecule has 0 fully saturated rings. The fourth-order valence-electron chi connectivity index (χ4n) is 4.91. The molecular formula is C31H24N4. The van der Waals surface area contributed by atoms with E-state index in [9.17, 15) is 0 Å². The highest BCUT2D eigenvalue weighted by atomic mass is 15.0. The summed E-state index contributed by atoms with van der Waals surface area (Å²) < 4.78 is 4.18. The van der Waals surface area contributed by atoms with E-state index in [4.69, 9.17) is 0 Å². The molecular weight excluding hydrogens is 428 g/mol. The SMILES string of the molecule is c1ccc(C(c2ccccc2)(c2ccn(-c3ccccn3)c2)c2ccn(-c3ccccn3)c2)cc1. The maximum absolute atomic E-state index is 4.56. The number of hydrogen-bond acceptors (Lipinski definition) is 2. The zero-order chi connectivity index (χ0) is 23.5. The molecule has 0 N–H and O–H groups in total. The summed E-state index contributed by atoms with van der Waals surface area (Å²) in [6.07, 6.45) is 12.2. The molecule has 2 aromatic carbocycles. The van der Waals surface area contributed by atoms with Crippen LogP contribution in [0.5, 0.6) is 0 Å². The molecule has 6 rings (SSSR count). The van der Waals surface area contributed by atoms with Gasteiger partial charge >= 0.3 is 0 Å². The van der Waals surface area contributed by atoms with Gasteiger partial charge in [-0.2, -0.15) is 0 Å². The first-order valence-electron chi connectivity index (χ1n) is 11.7. The molecule has 0 bridgehead atoms. The molecule has 0 aliphatic heterocycles. The average Bonchev–Trinajstić information content (AvgIpc) is 3.63. The molecule has 0 amide bonds. The lowest BCUT2D eigenvalue weighted by Gasteiger charge is -2.35. The van der Waals surface area contributed by atoms with Gasteiger partial charge in [-0.25, -0.2) is 9.97 Å². The molecule has 35 heavy (non-hydrogen) atoms. The molecule has 6 aromatic rings. The summed E-state index contributed by atoms with van der Waals surface area (Å²) in [4.78, 5) is 9.11. The van der Waals surface area contributed by atoms with Gasteiger partial charge in [0.1, 0.15) is 11.6 Å². The zero-order valence-electron chi connectivity index (χ0n) is 19.1. The van der Waals surface area contributed by atoms with E-state index in [1.54, 1.807) is 0 Å². The molecule has 168 valence electrons. The van der Waals surface area contributed by atoms with Gasteiger partial charge in [0.05, 0.1) is 5.41 Å². The smallest absolute Gasteiger partial charge is 0.136 e. The van der Waals surface area contributed by atoms with E-state index in [1.165, 1.54) is 22.3 Å². The molecule has 4 aromatic heterocycles. The van der Waals surface area contributed by atoms with Gasteiger partial charge in [-0.3, -0.25) is 0 Å². The molecule has 0 radical (unpaired) electrons. The second-order valence-electron chi connectivity index (χ2n) is 8.47. The normalized spacial score (nSPS) is 11.4. The molecule has 4 heteroatoms. The van der Waals surface area contributed by atoms with Crippen molar-refractivity contribution in [3.8, 4) is 11.6 Å². The molecule has 0 atom stereocenters. The van der Waals surface area contributed by atoms with Crippen LogP contribution in [0.2, 0.25) is 0 Å². The number of pyridine rings is 2. The third-order valence-corrected chi connectivity index (χ3v) is 6.49. The Morgan fingerprint density at radius 2 is 0.857 bits per heavy atom. The molecule has 4 heterocycles. The lowest BCUT2D eigenvalue weighted by molar-refractivity contribution is 0.742. The van der Waals surface area contributed by atoms with Crippen molar-refractivity contribution in [2.24, 2.45) is 0 Å². The Labute approximate surface area is 204 Å². The Kier molecular flexibility index (Phi) is 5.32. The van der Waals surface area contributed by atoms with Crippen molar-refractivity contribution in [1.29, 1.82) is 0 Å². The summed E-state index contributed by atoms with van der Waals surface area (Å²) in [6.45, 7) is 0. The van der Waals surface area contributed by atoms with Crippen LogP contribution in [0.15, 0.2) is 146 Å². The van der Waals surface area contributed by atoms with Gasteiger partial charge in [-0.1, -0.05) is 72.8 Å². The monoisotopic (exact) mass is 452 g/mol. The van der Waals surface area contributed by atoms with E-state index < -0.39 is 5.41 Å². The Morgan fingerprint density at radius 1 is 0.429 bits per heavy atom. The van der Waals surface area contributed by atoms with Crippen molar-refractivity contribution >= 4 is 0 Å². The van der Waals surface area contributed by atoms with Crippen molar-refractivity contribution in [1.82, 2.24) is 19.1 Å². The second kappa shape index (κ2) is 8.92. The number of nitrogens with zero attached hydrogens (tertiary/aromatic N) is 4. The highest BCUT2D eigenvalue weighted by Crippen LogP contribution is 2.45. The van der Waals surface area contributed by atoms with E-state index in [0.29, 0.717) is 0 Å². The summed E-state index contributed by atoms with van der Waals surface area (Å²) in [5, 5.41) is 0. The minimum absolute atomic E-state index is 0.525. The third-order valence-electron chi connectivity index (χ3n) is 6.49. The first-order chi connectivity index (χ1) is 17.4. The van der Waals surface area contributed by atoms with Crippen molar-refractivity contribution in [2.75, 3.05) is 0 Å². The van der Waals surface area contributed by atoms with Crippen LogP contribution in [0.4, 0.5) is 0 Å². The molecule has 4 nitrogen and oxygen atoms in total. The fraction of sp³-hybridized carbons (Fsp3) is 0.0323. The van der Waals surface area contributed by atoms with Crippen molar-refractivity contribution in [2.45, 2.75) is 5.41 Å². The van der Waals surface area contributed by atoms with Crippen LogP contribution in [0, 0.1) is 0 Å². The molecule has 0 spiro atoms. The molecule has 0 saturated heterocycles. The first-order valence-corrected chi connectivity index (χ1v) is 11.7. The summed E-state index contributed by atoms with van der Waals surface area (Å²) in [6, 6.07) is 37.8. The fourth-order valence-corrected chi connectivity index (χ4v) is 4.91. The highest BCUT2D eigenvalue weighted by molar-refractivity contribution is 5.59. The van der Waals surface area contributed by atoms with Gasteiger partial charge < -0.3 is 9.13 Å². The Bertz CT molecular complexity index is 1400. The van der Waals surface area contributed by atoms with E-state index in [0.717, 1.165) is 11.6 Å². The summed E-state index contributed by atoms with van der Waals surface area (Å²) in [5.74, 6) is 1.78. The second-order valence-corrected chi connectivity index (χ2v) is 8.47. The van der Waals surface area contributed by atoms with E-state index in [-0.39, 0.29) is 0 Å². The standard InChI is InChI=1S/C31H24N4/c1-3-11-25(12-4-1)31(26-13-5-2-6-14-26,27-17-21-34(23-27)29-15-7-9-19-32-29)28-18-22-35(24-28)30-16-8-10-20-33-30/h1-24H. The number of hydrogen-bond donors (Lipinski definition) is 0. The lowest BCUT2D eigenvalue weighted by Crippen LogP contribution is -2.30. The van der Waals surface area contributed by atoms with Gasteiger partial charge in [-0.05, 0) is 58.7 Å². The minimum atomic E-state index is -0.525. The molecule has 0 saturated carbocycles. The van der Waals surface area contributed by atoms with Crippen LogP contribution in [-0.2, 0) is 5.41 Å². The Hall–Kier alpha value is -4.70. The Morgan fingerprint density at radius 3 is 1.26 bits per heavy atom. The lowest BCUT2D eigenvalue weighted by atomic mass is 9.66. The topological polar surface area (TPSA) is 35.6 Å². The quantitative estimate of drug-likeness (QED) is 0.291. The van der Waals surface area contributed by atoms with E-state index in [1.807, 2.05) is 48.8 Å². The first kappa shape index (κ1) is 20.9. The predicted molar refractivity (Wildman–Crippen MR) is 139 cm³/mol. The summed E-state index contributed by atoms with van der Waals surface area (Å²) >= 11 is 0. The maximum Gasteiger partial charge on any atom is 0.136 e. The van der Waals surface area contributed by atoms with Crippen LogP contribution >= 0.6 is 0 Å². The maximum atomic E-state index is 4.56. The van der Waals surface area contributed by atoms with Crippen molar-refractivity contribution < 1.29 is 0 Å². The molecule has 0 aliphatic rings. The van der Waals surface area contributed by atoms with E-state index >= 15 is 0 Å². The van der Waals surface area contributed by atoms with Gasteiger partial charge in [-0.15, -0.1) is 0 Å². The van der Waals surface area contributed by atoms with Crippen LogP contribution in [0.1, 0.15) is 22.3 Å². The van der Waals surface area contributed by atoms with Crippen LogP contribution in [-0.4, -0.2) is 19.1 Å². The van der Waals surface area contributed by atoms with Gasteiger partial charge in [0.15, 0.2) is 0 Å². The number of rotatable bonds is 6. The van der Waals surface area contributed by atoms with Crippen molar-refractivity contribution in [3.63, 3.8) is 0 Å². The van der Waals surface area contributed by atoms with Gasteiger partial charge in [0, 0.05) is 37.2 Å². The van der Waals surface area contributed by atoms with E-state index in [2.05, 4.69) is 117 Å². The van der Waals surface area contributed by atoms with Gasteiger partial charge in [0.2, 0.25) is 0 Å². The molecule has 0 aliphatic carbocycles. The third kappa shape index (κ3) is 3.65. The van der Waals surface area contributed by atoms with Crippen LogP contribution in [0.3, 0.4) is 0 Å². The number of aromatic nitrogens is 4. The van der Waals surface area contributed by atoms with Crippen LogP contribution in [0.25, 0.3) is 11.6 Å². The van der Waals surface area contributed by atoms with Gasteiger partial charge in [0.25, 0.3) is 0 Å².